The largest absolute Gasteiger partial charge is 0.321 e. The fraction of sp³-hybridized carbons (Fsp3) is 0.103. The number of anilines is 1. The van der Waals surface area contributed by atoms with Gasteiger partial charge in [-0.1, -0.05) is 81.7 Å². The smallest absolute Gasteiger partial charge is 0.266 e. The topological polar surface area (TPSA) is 52.9 Å². The Morgan fingerprint density at radius 2 is 1.67 bits per heavy atom. The monoisotopic (exact) mass is 494 g/mol. The Hall–Kier alpha value is -3.68. The maximum Gasteiger partial charge on any atom is 0.266 e. The van der Waals surface area contributed by atoms with Crippen LogP contribution < -0.4 is 5.32 Å². The van der Waals surface area contributed by atoms with Crippen LogP contribution in [0.25, 0.3) is 16.8 Å². The van der Waals surface area contributed by atoms with Gasteiger partial charge in [0.25, 0.3) is 5.91 Å². The molecule has 0 heterocycles. The van der Waals surface area contributed by atoms with E-state index in [4.69, 9.17) is 0 Å². The first-order valence-electron chi connectivity index (χ1n) is 10.7. The Morgan fingerprint density at radius 3 is 2.36 bits per heavy atom. The van der Waals surface area contributed by atoms with Gasteiger partial charge in [0.15, 0.2) is 0 Å². The summed E-state index contributed by atoms with van der Waals surface area (Å²) in [6, 6.07) is 28.1. The molecule has 0 aliphatic heterocycles. The number of carbonyl (C=O) groups is 1. The zero-order valence-electron chi connectivity index (χ0n) is 18.5. The van der Waals surface area contributed by atoms with Crippen LogP contribution in [-0.4, -0.2) is 5.91 Å². The predicted octanol–water partition coefficient (Wildman–Crippen LogP) is 7.36. The van der Waals surface area contributed by atoms with Crippen molar-refractivity contribution in [1.82, 2.24) is 0 Å². The van der Waals surface area contributed by atoms with Crippen molar-refractivity contribution in [3.63, 3.8) is 0 Å². The number of halogens is 1. The molecule has 0 aliphatic carbocycles. The van der Waals surface area contributed by atoms with Gasteiger partial charge in [0.2, 0.25) is 0 Å². The summed E-state index contributed by atoms with van der Waals surface area (Å²) in [5.74, 6) is -0.426. The second kappa shape index (κ2) is 9.85. The van der Waals surface area contributed by atoms with Gasteiger partial charge in [-0.25, -0.2) is 0 Å². The van der Waals surface area contributed by atoms with Gasteiger partial charge in [0.1, 0.15) is 11.6 Å². The molecule has 0 spiro atoms. The number of carbonyl (C=O) groups excluding carboxylic acids is 1. The zero-order chi connectivity index (χ0) is 23.4. The lowest BCUT2D eigenvalue weighted by Gasteiger charge is -2.13. The Kier molecular flexibility index (Phi) is 6.72. The number of hydrogen-bond acceptors (Lipinski definition) is 2. The van der Waals surface area contributed by atoms with Crippen molar-refractivity contribution in [2.45, 2.75) is 20.3 Å². The first kappa shape index (κ1) is 22.5. The second-order valence-electron chi connectivity index (χ2n) is 8.16. The van der Waals surface area contributed by atoms with Gasteiger partial charge < -0.3 is 5.32 Å². The standard InChI is InChI=1S/C29H23BrN2O/c1-19-13-20(2)15-21(14-19)16-23-8-7-22-5-3-4-6-27(22)28(23)17-24(18-31)29(33)32-26-11-9-25(30)10-12-26/h3-15,17H,16H2,1-2H3,(H,32,33)/b24-17+. The molecule has 0 radical (unpaired) electrons. The fourth-order valence-electron chi connectivity index (χ4n) is 4.08. The minimum Gasteiger partial charge on any atom is -0.321 e. The quantitative estimate of drug-likeness (QED) is 0.232. The fourth-order valence-corrected chi connectivity index (χ4v) is 4.35. The Bertz CT molecular complexity index is 1390. The lowest BCUT2D eigenvalue weighted by Crippen LogP contribution is -2.13. The summed E-state index contributed by atoms with van der Waals surface area (Å²) >= 11 is 3.39. The third kappa shape index (κ3) is 5.39. The summed E-state index contributed by atoms with van der Waals surface area (Å²) in [5.41, 5.74) is 6.31. The molecule has 1 N–H and O–H groups in total. The molecule has 4 aromatic rings. The van der Waals surface area contributed by atoms with Crippen molar-refractivity contribution in [3.05, 3.63) is 117 Å². The average Bonchev–Trinajstić information content (AvgIpc) is 2.79. The van der Waals surface area contributed by atoms with Gasteiger partial charge >= 0.3 is 0 Å². The molecule has 0 unspecified atom stereocenters. The summed E-state index contributed by atoms with van der Waals surface area (Å²) in [5, 5.41) is 14.7. The van der Waals surface area contributed by atoms with Gasteiger partial charge in [0, 0.05) is 10.2 Å². The molecule has 0 saturated heterocycles. The van der Waals surface area contributed by atoms with E-state index in [0.29, 0.717) is 12.1 Å². The molecule has 0 aliphatic rings. The van der Waals surface area contributed by atoms with Crippen molar-refractivity contribution in [2.24, 2.45) is 0 Å². The average molecular weight is 495 g/mol. The highest BCUT2D eigenvalue weighted by molar-refractivity contribution is 9.10. The first-order valence-corrected chi connectivity index (χ1v) is 11.5. The SMILES string of the molecule is Cc1cc(C)cc(Cc2ccc3ccccc3c2/C=C(\C#N)C(=O)Nc2ccc(Br)cc2)c1. The molecule has 0 aromatic heterocycles. The van der Waals surface area contributed by atoms with Crippen LogP contribution in [0.4, 0.5) is 5.69 Å². The number of nitrogens with one attached hydrogen (secondary N) is 1. The van der Waals surface area contributed by atoms with E-state index in [0.717, 1.165) is 26.4 Å². The van der Waals surface area contributed by atoms with Crippen LogP contribution in [0.5, 0.6) is 0 Å². The number of amides is 1. The molecule has 4 aromatic carbocycles. The molecule has 162 valence electrons. The van der Waals surface area contributed by atoms with Crippen LogP contribution in [-0.2, 0) is 11.2 Å². The van der Waals surface area contributed by atoms with Crippen molar-refractivity contribution in [2.75, 3.05) is 5.32 Å². The van der Waals surface area contributed by atoms with E-state index in [2.05, 4.69) is 71.5 Å². The van der Waals surface area contributed by atoms with E-state index < -0.39 is 5.91 Å². The van der Waals surface area contributed by atoms with Crippen molar-refractivity contribution >= 4 is 44.4 Å². The van der Waals surface area contributed by atoms with Crippen LogP contribution in [0, 0.1) is 25.2 Å². The van der Waals surface area contributed by atoms with E-state index in [9.17, 15) is 10.1 Å². The number of aryl methyl sites for hydroxylation is 2. The molecule has 4 rings (SSSR count). The number of nitriles is 1. The highest BCUT2D eigenvalue weighted by Gasteiger charge is 2.14. The van der Waals surface area contributed by atoms with E-state index in [1.54, 1.807) is 18.2 Å². The highest BCUT2D eigenvalue weighted by Crippen LogP contribution is 2.28. The molecule has 0 bridgehead atoms. The second-order valence-corrected chi connectivity index (χ2v) is 9.08. The molecular weight excluding hydrogens is 472 g/mol. The Morgan fingerprint density at radius 1 is 0.970 bits per heavy atom. The van der Waals surface area contributed by atoms with Crippen LogP contribution >= 0.6 is 15.9 Å². The van der Waals surface area contributed by atoms with Gasteiger partial charge in [0.05, 0.1) is 0 Å². The highest BCUT2D eigenvalue weighted by atomic mass is 79.9. The lowest BCUT2D eigenvalue weighted by molar-refractivity contribution is -0.112. The van der Waals surface area contributed by atoms with Crippen molar-refractivity contribution in [1.29, 1.82) is 5.26 Å². The number of rotatable bonds is 5. The predicted molar refractivity (Wildman–Crippen MR) is 139 cm³/mol. The normalized spacial score (nSPS) is 11.3. The van der Waals surface area contributed by atoms with Crippen molar-refractivity contribution < 1.29 is 4.79 Å². The Balaban J connectivity index is 1.77. The molecular formula is C29H23BrN2O. The van der Waals surface area contributed by atoms with Crippen LogP contribution in [0.2, 0.25) is 0 Å². The van der Waals surface area contributed by atoms with Gasteiger partial charge in [-0.2, -0.15) is 5.26 Å². The van der Waals surface area contributed by atoms with Crippen LogP contribution in [0.15, 0.2) is 88.9 Å². The lowest BCUT2D eigenvalue weighted by atomic mass is 9.92. The van der Waals surface area contributed by atoms with Gasteiger partial charge in [-0.3, -0.25) is 4.79 Å². The maximum absolute atomic E-state index is 12.9. The van der Waals surface area contributed by atoms with E-state index in [-0.39, 0.29) is 5.57 Å². The molecule has 0 atom stereocenters. The summed E-state index contributed by atoms with van der Waals surface area (Å²) < 4.78 is 0.920. The van der Waals surface area contributed by atoms with E-state index in [1.807, 2.05) is 36.4 Å². The molecule has 1 amide bonds. The van der Waals surface area contributed by atoms with Gasteiger partial charge in [-0.05, 0) is 78.1 Å². The number of fused-ring (bicyclic) bond motifs is 1. The zero-order valence-corrected chi connectivity index (χ0v) is 20.1. The third-order valence-electron chi connectivity index (χ3n) is 5.49. The van der Waals surface area contributed by atoms with Crippen molar-refractivity contribution in [3.8, 4) is 6.07 Å². The number of hydrogen-bond donors (Lipinski definition) is 1. The third-order valence-corrected chi connectivity index (χ3v) is 6.02. The molecule has 0 fully saturated rings. The summed E-state index contributed by atoms with van der Waals surface area (Å²) in [4.78, 5) is 12.9. The molecule has 0 saturated carbocycles. The first-order chi connectivity index (χ1) is 15.9. The minimum atomic E-state index is -0.426. The summed E-state index contributed by atoms with van der Waals surface area (Å²) in [7, 11) is 0. The molecule has 3 nitrogen and oxygen atoms in total. The van der Waals surface area contributed by atoms with Crippen LogP contribution in [0.3, 0.4) is 0 Å². The van der Waals surface area contributed by atoms with E-state index in [1.165, 1.54) is 16.7 Å². The minimum absolute atomic E-state index is 0.0657. The molecule has 4 heteroatoms. The number of benzene rings is 4. The number of nitrogens with zero attached hydrogens (tertiary/aromatic N) is 1. The van der Waals surface area contributed by atoms with Crippen LogP contribution in [0.1, 0.15) is 27.8 Å². The Labute approximate surface area is 202 Å². The molecule has 33 heavy (non-hydrogen) atoms. The van der Waals surface area contributed by atoms with E-state index >= 15 is 0 Å². The maximum atomic E-state index is 12.9. The summed E-state index contributed by atoms with van der Waals surface area (Å²) in [6.45, 7) is 4.19. The van der Waals surface area contributed by atoms with Gasteiger partial charge in [-0.15, -0.1) is 0 Å². The summed E-state index contributed by atoms with van der Waals surface area (Å²) in [6.07, 6.45) is 2.43.